The summed E-state index contributed by atoms with van der Waals surface area (Å²) in [6.45, 7) is 6.00. The van der Waals surface area contributed by atoms with E-state index in [9.17, 15) is 13.2 Å². The number of benzene rings is 1. The molecule has 118 valence electrons. The Kier molecular flexibility index (Phi) is 6.17. The van der Waals surface area contributed by atoms with Crippen LogP contribution in [0.2, 0.25) is 0 Å². The van der Waals surface area contributed by atoms with Gasteiger partial charge in [0.05, 0.1) is 17.9 Å². The minimum atomic E-state index is -3.69. The Hall–Kier alpha value is -1.60. The van der Waals surface area contributed by atoms with Crippen molar-refractivity contribution in [2.75, 3.05) is 19.7 Å². The molecule has 0 aliphatic carbocycles. The molecule has 6 nitrogen and oxygen atoms in total. The van der Waals surface area contributed by atoms with E-state index in [-0.39, 0.29) is 24.4 Å². The maximum atomic E-state index is 12.5. The van der Waals surface area contributed by atoms with Crippen molar-refractivity contribution in [3.05, 3.63) is 23.8 Å². The van der Waals surface area contributed by atoms with Crippen molar-refractivity contribution >= 4 is 16.0 Å². The van der Waals surface area contributed by atoms with Gasteiger partial charge in [-0.25, -0.2) is 8.42 Å². The predicted molar refractivity (Wildman–Crippen MR) is 79.0 cm³/mol. The number of rotatable bonds is 8. The number of hydrogen-bond acceptors (Lipinski definition) is 4. The summed E-state index contributed by atoms with van der Waals surface area (Å²) in [5.74, 6) is -0.378. The van der Waals surface area contributed by atoms with Crippen molar-refractivity contribution in [3.8, 4) is 5.75 Å². The highest BCUT2D eigenvalue weighted by Gasteiger charge is 2.24. The summed E-state index contributed by atoms with van der Waals surface area (Å²) in [5, 5.41) is 8.70. The Morgan fingerprint density at radius 1 is 1.33 bits per heavy atom. The van der Waals surface area contributed by atoms with Crippen LogP contribution in [-0.2, 0) is 14.8 Å². The fourth-order valence-electron chi connectivity index (χ4n) is 1.92. The lowest BCUT2D eigenvalue weighted by atomic mass is 10.2. The first-order chi connectivity index (χ1) is 9.82. The third kappa shape index (κ3) is 4.44. The molecule has 0 spiro atoms. The third-order valence-corrected chi connectivity index (χ3v) is 4.98. The number of carboxylic acid groups (broad SMARTS) is 1. The molecule has 0 heterocycles. The standard InChI is InChI=1S/C14H21NO5S/c1-4-15(9-8-14(16)17)21(18,19)12-6-7-13(20-5-2)11(3)10-12/h6-7,10H,4-5,8-9H2,1-3H3,(H,16,17). The summed E-state index contributed by atoms with van der Waals surface area (Å²) in [6.07, 6.45) is -0.219. The van der Waals surface area contributed by atoms with Gasteiger partial charge in [0.15, 0.2) is 0 Å². The maximum Gasteiger partial charge on any atom is 0.304 e. The van der Waals surface area contributed by atoms with Crippen molar-refractivity contribution in [3.63, 3.8) is 0 Å². The van der Waals surface area contributed by atoms with Crippen LogP contribution in [0.1, 0.15) is 25.8 Å². The van der Waals surface area contributed by atoms with Gasteiger partial charge < -0.3 is 9.84 Å². The number of nitrogens with zero attached hydrogens (tertiary/aromatic N) is 1. The Bertz CT molecular complexity index is 597. The molecule has 0 radical (unpaired) electrons. The van der Waals surface area contributed by atoms with Crippen LogP contribution in [0.5, 0.6) is 5.75 Å². The summed E-state index contributed by atoms with van der Waals surface area (Å²) >= 11 is 0. The monoisotopic (exact) mass is 315 g/mol. The van der Waals surface area contributed by atoms with E-state index in [0.29, 0.717) is 12.4 Å². The van der Waals surface area contributed by atoms with Gasteiger partial charge in [-0.05, 0) is 37.6 Å². The van der Waals surface area contributed by atoms with Crippen LogP contribution in [0, 0.1) is 6.92 Å². The molecule has 1 N–H and O–H groups in total. The molecule has 1 rings (SSSR count). The number of carbonyl (C=O) groups is 1. The van der Waals surface area contributed by atoms with E-state index >= 15 is 0 Å². The van der Waals surface area contributed by atoms with Gasteiger partial charge in [-0.3, -0.25) is 4.79 Å². The van der Waals surface area contributed by atoms with Gasteiger partial charge in [-0.1, -0.05) is 6.92 Å². The van der Waals surface area contributed by atoms with Crippen LogP contribution in [0.4, 0.5) is 0 Å². The first-order valence-electron chi connectivity index (χ1n) is 6.78. The molecule has 0 fully saturated rings. The van der Waals surface area contributed by atoms with Crippen LogP contribution < -0.4 is 4.74 Å². The SMILES string of the molecule is CCOc1ccc(S(=O)(=O)N(CC)CCC(=O)O)cc1C. The number of hydrogen-bond donors (Lipinski definition) is 1. The molecule has 0 atom stereocenters. The van der Waals surface area contributed by atoms with Crippen LogP contribution in [-0.4, -0.2) is 43.5 Å². The van der Waals surface area contributed by atoms with E-state index in [0.717, 1.165) is 9.87 Å². The van der Waals surface area contributed by atoms with Crippen molar-refractivity contribution in [1.29, 1.82) is 0 Å². The zero-order chi connectivity index (χ0) is 16.0. The summed E-state index contributed by atoms with van der Waals surface area (Å²) in [4.78, 5) is 10.8. The van der Waals surface area contributed by atoms with Crippen molar-refractivity contribution in [2.24, 2.45) is 0 Å². The minimum Gasteiger partial charge on any atom is -0.494 e. The fourth-order valence-corrected chi connectivity index (χ4v) is 3.45. The molecule has 1 aromatic carbocycles. The normalized spacial score (nSPS) is 11.6. The molecular weight excluding hydrogens is 294 g/mol. The van der Waals surface area contributed by atoms with Crippen LogP contribution in [0.15, 0.2) is 23.1 Å². The highest BCUT2D eigenvalue weighted by atomic mass is 32.2. The van der Waals surface area contributed by atoms with Crippen molar-refractivity contribution < 1.29 is 23.1 Å². The second-order valence-corrected chi connectivity index (χ2v) is 6.44. The third-order valence-electron chi connectivity index (χ3n) is 3.01. The van der Waals surface area contributed by atoms with E-state index in [1.54, 1.807) is 26.0 Å². The molecule has 0 unspecified atom stereocenters. The smallest absolute Gasteiger partial charge is 0.304 e. The lowest BCUT2D eigenvalue weighted by Crippen LogP contribution is -2.33. The second kappa shape index (κ2) is 7.42. The molecule has 21 heavy (non-hydrogen) atoms. The Morgan fingerprint density at radius 2 is 2.00 bits per heavy atom. The minimum absolute atomic E-state index is 0.0412. The molecule has 1 aromatic rings. The first-order valence-corrected chi connectivity index (χ1v) is 8.22. The zero-order valence-corrected chi connectivity index (χ0v) is 13.3. The first kappa shape index (κ1) is 17.5. The highest BCUT2D eigenvalue weighted by molar-refractivity contribution is 7.89. The van der Waals surface area contributed by atoms with Crippen molar-refractivity contribution in [1.82, 2.24) is 4.31 Å². The number of aliphatic carboxylic acids is 1. The summed E-state index contributed by atoms with van der Waals surface area (Å²) < 4.78 is 31.5. The van der Waals surface area contributed by atoms with Crippen LogP contribution >= 0.6 is 0 Å². The molecule has 0 bridgehead atoms. The Morgan fingerprint density at radius 3 is 2.48 bits per heavy atom. The number of ether oxygens (including phenoxy) is 1. The van der Waals surface area contributed by atoms with E-state index < -0.39 is 16.0 Å². The molecule has 0 amide bonds. The molecular formula is C14H21NO5S. The molecule has 0 aliphatic rings. The summed E-state index contributed by atoms with van der Waals surface area (Å²) in [7, 11) is -3.69. The average Bonchev–Trinajstić information content (AvgIpc) is 2.41. The fraction of sp³-hybridized carbons (Fsp3) is 0.500. The Balaban J connectivity index is 3.05. The van der Waals surface area contributed by atoms with Gasteiger partial charge in [0.2, 0.25) is 10.0 Å². The quantitative estimate of drug-likeness (QED) is 0.792. The maximum absolute atomic E-state index is 12.5. The summed E-state index contributed by atoms with van der Waals surface area (Å²) in [5.41, 5.74) is 0.729. The van der Waals surface area contributed by atoms with Gasteiger partial charge in [-0.2, -0.15) is 4.31 Å². The largest absolute Gasteiger partial charge is 0.494 e. The van der Waals surface area contributed by atoms with Gasteiger partial charge in [-0.15, -0.1) is 0 Å². The molecule has 0 saturated heterocycles. The number of aryl methyl sites for hydroxylation is 1. The summed E-state index contributed by atoms with van der Waals surface area (Å²) in [6, 6.07) is 4.65. The molecule has 7 heteroatoms. The van der Waals surface area contributed by atoms with Gasteiger partial charge in [0, 0.05) is 13.1 Å². The van der Waals surface area contributed by atoms with E-state index in [1.165, 1.54) is 6.07 Å². The van der Waals surface area contributed by atoms with Crippen LogP contribution in [0.3, 0.4) is 0 Å². The number of sulfonamides is 1. The lowest BCUT2D eigenvalue weighted by Gasteiger charge is -2.20. The number of carboxylic acids is 1. The van der Waals surface area contributed by atoms with Crippen LogP contribution in [0.25, 0.3) is 0 Å². The topological polar surface area (TPSA) is 83.9 Å². The zero-order valence-electron chi connectivity index (χ0n) is 12.5. The second-order valence-electron chi connectivity index (χ2n) is 4.50. The van der Waals surface area contributed by atoms with Gasteiger partial charge >= 0.3 is 5.97 Å². The lowest BCUT2D eigenvalue weighted by molar-refractivity contribution is -0.137. The molecule has 0 aliphatic heterocycles. The van der Waals surface area contributed by atoms with Gasteiger partial charge in [0.1, 0.15) is 5.75 Å². The van der Waals surface area contributed by atoms with E-state index in [1.807, 2.05) is 6.92 Å². The predicted octanol–water partition coefficient (Wildman–Crippen LogP) is 1.88. The van der Waals surface area contributed by atoms with E-state index in [2.05, 4.69) is 0 Å². The molecule has 0 saturated carbocycles. The van der Waals surface area contributed by atoms with Crippen molar-refractivity contribution in [2.45, 2.75) is 32.1 Å². The average molecular weight is 315 g/mol. The highest BCUT2D eigenvalue weighted by Crippen LogP contribution is 2.24. The van der Waals surface area contributed by atoms with E-state index in [4.69, 9.17) is 9.84 Å². The Labute approximate surface area is 125 Å². The van der Waals surface area contributed by atoms with Gasteiger partial charge in [0.25, 0.3) is 0 Å². The molecule has 0 aromatic heterocycles.